The number of hydrogen-bond acceptors (Lipinski definition) is 11. The molecule has 196 valence electrons. The fourth-order valence-electron chi connectivity index (χ4n) is 3.54. The van der Waals surface area contributed by atoms with Crippen molar-refractivity contribution in [2.45, 2.75) is 0 Å². The Hall–Kier alpha value is -4.42. The molecule has 37 heavy (non-hydrogen) atoms. The van der Waals surface area contributed by atoms with E-state index in [9.17, 15) is 20.3 Å². The summed E-state index contributed by atoms with van der Waals surface area (Å²) in [6.07, 6.45) is 0. The number of hydrogen-bond donors (Lipinski definition) is 3. The number of nitro groups is 1. The van der Waals surface area contributed by atoms with Crippen molar-refractivity contribution in [2.24, 2.45) is 10.2 Å². The molecule has 0 radical (unpaired) electrons. The van der Waals surface area contributed by atoms with Crippen molar-refractivity contribution in [1.29, 1.82) is 0 Å². The molecule has 0 aliphatic heterocycles. The van der Waals surface area contributed by atoms with Crippen molar-refractivity contribution in [3.8, 4) is 11.5 Å². The minimum Gasteiger partial charge on any atom is -0.494 e. The summed E-state index contributed by atoms with van der Waals surface area (Å²) in [5, 5.41) is 39.7. The molecule has 0 heterocycles. The number of aliphatic hydroxyl groups excluding tert-OH is 2. The van der Waals surface area contributed by atoms with Gasteiger partial charge in [0, 0.05) is 50.1 Å². The molecular formula is C25H30N6O6. The molecule has 3 aromatic rings. The molecule has 0 spiro atoms. The van der Waals surface area contributed by atoms with Crippen LogP contribution in [-0.4, -0.2) is 62.7 Å². The highest BCUT2D eigenvalue weighted by atomic mass is 16.6. The highest BCUT2D eigenvalue weighted by Gasteiger charge is 2.14. The van der Waals surface area contributed by atoms with Crippen molar-refractivity contribution in [3.05, 3.63) is 70.8 Å². The number of aliphatic hydroxyl groups is 2. The standard InChI is InChI=1S/C25H30N6O6/c1-29(19-8-10-21(11-9-19)31(34)35)28-23-17-24(36-2)22(16-25(23)37-3)27-26-18-4-6-20(7-5-18)30(12-14-32)13-15-33/h4-11,16-17,28,32-33H,12-15H2,1-3H3. The molecule has 0 aliphatic rings. The number of methoxy groups -OCH3 is 2. The molecule has 0 aliphatic carbocycles. The fourth-order valence-corrected chi connectivity index (χ4v) is 3.54. The summed E-state index contributed by atoms with van der Waals surface area (Å²) in [5.41, 5.74) is 6.41. The number of anilines is 3. The van der Waals surface area contributed by atoms with E-state index in [-0.39, 0.29) is 18.9 Å². The number of nitrogens with one attached hydrogen (secondary N) is 1. The van der Waals surface area contributed by atoms with E-state index in [1.165, 1.54) is 26.4 Å². The summed E-state index contributed by atoms with van der Waals surface area (Å²) in [6, 6.07) is 16.8. The van der Waals surface area contributed by atoms with E-state index < -0.39 is 4.92 Å². The van der Waals surface area contributed by atoms with Gasteiger partial charge in [-0.25, -0.2) is 0 Å². The van der Waals surface area contributed by atoms with Gasteiger partial charge in [-0.05, 0) is 36.4 Å². The summed E-state index contributed by atoms with van der Waals surface area (Å²) in [4.78, 5) is 12.3. The number of non-ortho nitro benzene ring substituents is 1. The van der Waals surface area contributed by atoms with E-state index in [2.05, 4.69) is 15.7 Å². The van der Waals surface area contributed by atoms with E-state index in [1.54, 1.807) is 48.5 Å². The summed E-state index contributed by atoms with van der Waals surface area (Å²) in [6.45, 7) is 0.797. The predicted molar refractivity (Wildman–Crippen MR) is 142 cm³/mol. The van der Waals surface area contributed by atoms with Gasteiger partial charge in [-0.1, -0.05) is 0 Å². The van der Waals surface area contributed by atoms with Crippen LogP contribution in [0.25, 0.3) is 0 Å². The molecule has 0 fully saturated rings. The number of nitro benzene ring substituents is 1. The van der Waals surface area contributed by atoms with Crippen LogP contribution in [0.4, 0.5) is 34.1 Å². The average molecular weight is 511 g/mol. The first-order chi connectivity index (χ1) is 17.9. The lowest BCUT2D eigenvalue weighted by Gasteiger charge is -2.23. The van der Waals surface area contributed by atoms with Crippen molar-refractivity contribution in [1.82, 2.24) is 0 Å². The van der Waals surface area contributed by atoms with Gasteiger partial charge in [-0.15, -0.1) is 5.11 Å². The molecule has 12 heteroatoms. The van der Waals surface area contributed by atoms with Gasteiger partial charge in [0.2, 0.25) is 0 Å². The largest absolute Gasteiger partial charge is 0.494 e. The number of rotatable bonds is 13. The fraction of sp³-hybridized carbons (Fsp3) is 0.280. The molecule has 3 rings (SSSR count). The van der Waals surface area contributed by atoms with Gasteiger partial charge in [0.15, 0.2) is 0 Å². The van der Waals surface area contributed by atoms with Gasteiger partial charge >= 0.3 is 0 Å². The monoisotopic (exact) mass is 510 g/mol. The number of benzene rings is 3. The van der Waals surface area contributed by atoms with Crippen molar-refractivity contribution >= 4 is 34.1 Å². The van der Waals surface area contributed by atoms with E-state index in [0.29, 0.717) is 47.3 Å². The molecular weight excluding hydrogens is 480 g/mol. The lowest BCUT2D eigenvalue weighted by Crippen LogP contribution is -2.29. The molecule has 0 unspecified atom stereocenters. The summed E-state index contributed by atoms with van der Waals surface area (Å²) >= 11 is 0. The first kappa shape index (κ1) is 27.2. The van der Waals surface area contributed by atoms with Crippen LogP contribution in [-0.2, 0) is 0 Å². The van der Waals surface area contributed by atoms with Crippen molar-refractivity contribution in [3.63, 3.8) is 0 Å². The molecule has 3 N–H and O–H groups in total. The van der Waals surface area contributed by atoms with E-state index in [1.807, 2.05) is 17.0 Å². The maximum absolute atomic E-state index is 10.9. The minimum absolute atomic E-state index is 0.00778. The zero-order valence-electron chi connectivity index (χ0n) is 20.9. The lowest BCUT2D eigenvalue weighted by atomic mass is 10.2. The normalized spacial score (nSPS) is 10.8. The highest BCUT2D eigenvalue weighted by molar-refractivity contribution is 5.71. The Bertz CT molecular complexity index is 1200. The predicted octanol–water partition coefficient (Wildman–Crippen LogP) is 4.28. The van der Waals surface area contributed by atoms with E-state index in [0.717, 1.165) is 5.69 Å². The van der Waals surface area contributed by atoms with E-state index >= 15 is 0 Å². The molecule has 0 amide bonds. The second-order valence-electron chi connectivity index (χ2n) is 7.82. The Balaban J connectivity index is 1.79. The first-order valence-electron chi connectivity index (χ1n) is 11.4. The lowest BCUT2D eigenvalue weighted by molar-refractivity contribution is -0.384. The molecule has 3 aromatic carbocycles. The van der Waals surface area contributed by atoms with Crippen molar-refractivity contribution in [2.75, 3.05) is 62.9 Å². The molecule has 0 bridgehead atoms. The number of ether oxygens (including phenoxy) is 2. The zero-order chi connectivity index (χ0) is 26.8. The van der Waals surface area contributed by atoms with Crippen LogP contribution in [0.5, 0.6) is 11.5 Å². The zero-order valence-corrected chi connectivity index (χ0v) is 20.9. The molecule has 0 saturated carbocycles. The Morgan fingerprint density at radius 3 is 2.03 bits per heavy atom. The van der Waals surface area contributed by atoms with Crippen LogP contribution in [0.1, 0.15) is 0 Å². The van der Waals surface area contributed by atoms with Crippen LogP contribution in [0.3, 0.4) is 0 Å². The van der Waals surface area contributed by atoms with Gasteiger partial charge in [-0.2, -0.15) is 5.11 Å². The SMILES string of the molecule is COc1cc(NN(C)c2ccc([N+](=O)[O-])cc2)c(OC)cc1N=Nc1ccc(N(CCO)CCO)cc1. The highest BCUT2D eigenvalue weighted by Crippen LogP contribution is 2.39. The topological polar surface area (TPSA) is 145 Å². The molecule has 0 saturated heterocycles. The molecule has 0 atom stereocenters. The second-order valence-corrected chi connectivity index (χ2v) is 7.82. The summed E-state index contributed by atoms with van der Waals surface area (Å²) < 4.78 is 11.0. The van der Waals surface area contributed by atoms with Gasteiger partial charge in [-0.3, -0.25) is 20.5 Å². The smallest absolute Gasteiger partial charge is 0.269 e. The maximum atomic E-state index is 10.9. The van der Waals surface area contributed by atoms with Gasteiger partial charge in [0.25, 0.3) is 5.69 Å². The van der Waals surface area contributed by atoms with Gasteiger partial charge in [0.1, 0.15) is 22.9 Å². The van der Waals surface area contributed by atoms with Crippen LogP contribution >= 0.6 is 0 Å². The van der Waals surface area contributed by atoms with Crippen LogP contribution in [0.15, 0.2) is 70.9 Å². The quantitative estimate of drug-likeness (QED) is 0.174. The summed E-state index contributed by atoms with van der Waals surface area (Å²) in [5.74, 6) is 0.945. The average Bonchev–Trinajstić information content (AvgIpc) is 2.92. The van der Waals surface area contributed by atoms with Gasteiger partial charge < -0.3 is 24.6 Å². The third kappa shape index (κ3) is 7.06. The van der Waals surface area contributed by atoms with Crippen LogP contribution in [0, 0.1) is 10.1 Å². The first-order valence-corrected chi connectivity index (χ1v) is 11.4. The number of nitrogens with zero attached hydrogens (tertiary/aromatic N) is 5. The third-order valence-electron chi connectivity index (χ3n) is 5.46. The Morgan fingerprint density at radius 1 is 0.892 bits per heavy atom. The number of azo groups is 1. The molecule has 12 nitrogen and oxygen atoms in total. The van der Waals surface area contributed by atoms with E-state index in [4.69, 9.17) is 9.47 Å². The summed E-state index contributed by atoms with van der Waals surface area (Å²) in [7, 11) is 4.83. The van der Waals surface area contributed by atoms with Crippen LogP contribution in [0.2, 0.25) is 0 Å². The minimum atomic E-state index is -0.448. The molecule has 0 aromatic heterocycles. The Labute approximate surface area is 214 Å². The second kappa shape index (κ2) is 13.0. The number of hydrazine groups is 1. The third-order valence-corrected chi connectivity index (χ3v) is 5.46. The van der Waals surface area contributed by atoms with Crippen molar-refractivity contribution < 1.29 is 24.6 Å². The Morgan fingerprint density at radius 2 is 1.49 bits per heavy atom. The van der Waals surface area contributed by atoms with Gasteiger partial charge in [0.05, 0.1) is 43.7 Å². The van der Waals surface area contributed by atoms with Crippen LogP contribution < -0.4 is 24.8 Å². The Kier molecular flexibility index (Phi) is 9.58. The maximum Gasteiger partial charge on any atom is 0.269 e.